The van der Waals surface area contributed by atoms with Gasteiger partial charge < -0.3 is 25.5 Å². The van der Waals surface area contributed by atoms with Gasteiger partial charge in [-0.3, -0.25) is 29.5 Å². The van der Waals surface area contributed by atoms with E-state index in [1.54, 1.807) is 36.5 Å². The number of piperazine rings is 1. The van der Waals surface area contributed by atoms with E-state index in [0.717, 1.165) is 115 Å². The van der Waals surface area contributed by atoms with Gasteiger partial charge >= 0.3 is 0 Å². The summed E-state index contributed by atoms with van der Waals surface area (Å²) in [7, 11) is -3.74. The Bertz CT molecular complexity index is 2410. The van der Waals surface area contributed by atoms with Crippen LogP contribution >= 0.6 is 0 Å². The van der Waals surface area contributed by atoms with Crippen LogP contribution in [0, 0.1) is 18.7 Å². The highest BCUT2D eigenvalue weighted by atomic mass is 32.2. The van der Waals surface area contributed by atoms with E-state index in [2.05, 4.69) is 40.4 Å². The van der Waals surface area contributed by atoms with Gasteiger partial charge in [0.05, 0.1) is 22.1 Å². The minimum absolute atomic E-state index is 0.0675. The van der Waals surface area contributed by atoms with Crippen molar-refractivity contribution in [3.8, 4) is 0 Å². The monoisotopic (exact) mass is 898 g/mol. The number of carbonyl (C=O) groups is 3. The van der Waals surface area contributed by atoms with Crippen molar-refractivity contribution in [3.63, 3.8) is 0 Å². The molecule has 0 bridgehead atoms. The van der Waals surface area contributed by atoms with Gasteiger partial charge in [-0.1, -0.05) is 0 Å². The summed E-state index contributed by atoms with van der Waals surface area (Å²) in [6.07, 6.45) is 10.1. The average Bonchev–Trinajstić information content (AvgIpc) is 4.03. The van der Waals surface area contributed by atoms with Gasteiger partial charge in [0.15, 0.2) is 0 Å². The molecule has 3 aliphatic carbocycles. The maximum Gasteiger partial charge on any atom is 0.249 e. The number of amides is 3. The van der Waals surface area contributed by atoms with Crippen molar-refractivity contribution in [1.29, 1.82) is 0 Å². The molecule has 5 heterocycles. The Labute approximate surface area is 373 Å². The standard InChI is InChI=1S/C46H59FN10O6S/c1-28-21-35(6-7-38(28)50-45-48-26-36-42(52-45)57(44(61)46(36)13-14-46)32-3-2-4-34(58)25-32)64(62,63)53-31-22-33(23-31)55-19-17-54(18-20-55)27-29-11-15-56(16-12-29)40-9-5-30(24-37(40)47)49-39-8-10-41(59)51-43(39)60/h5-7,9,21,24,26,29,31-34,39,49,53,58H,2-4,8,10-20,22-23,25,27H2,1H3,(H,48,50,52)(H,51,59,60)/t31?,32?,33?,34-,39?/m1/s1. The van der Waals surface area contributed by atoms with E-state index < -0.39 is 27.6 Å². The van der Waals surface area contributed by atoms with E-state index in [9.17, 15) is 27.9 Å². The number of nitrogens with zero attached hydrogens (tertiary/aromatic N) is 6. The van der Waals surface area contributed by atoms with Crippen LogP contribution in [-0.4, -0.2) is 127 Å². The summed E-state index contributed by atoms with van der Waals surface area (Å²) in [6, 6.07) is 9.59. The molecule has 342 valence electrons. The Balaban J connectivity index is 0.662. The second-order valence-corrected chi connectivity index (χ2v) is 21.0. The first-order valence-electron chi connectivity index (χ1n) is 23.2. The maximum atomic E-state index is 15.2. The number of piperidine rings is 2. The number of aliphatic hydroxyl groups excluding tert-OH is 1. The van der Waals surface area contributed by atoms with Gasteiger partial charge in [0.1, 0.15) is 17.7 Å². The number of nitrogens with one attached hydrogen (secondary N) is 4. The molecule has 10 rings (SSSR count). The summed E-state index contributed by atoms with van der Waals surface area (Å²) in [6.45, 7) is 8.28. The number of anilines is 5. The van der Waals surface area contributed by atoms with Crippen LogP contribution in [0.5, 0.6) is 0 Å². The van der Waals surface area contributed by atoms with Crippen molar-refractivity contribution < 1.29 is 32.3 Å². The molecule has 64 heavy (non-hydrogen) atoms. The lowest BCUT2D eigenvalue weighted by Crippen LogP contribution is -2.58. The molecule has 3 amide bonds. The zero-order valence-electron chi connectivity index (χ0n) is 36.4. The van der Waals surface area contributed by atoms with E-state index in [1.165, 1.54) is 6.07 Å². The zero-order valence-corrected chi connectivity index (χ0v) is 37.2. The number of sulfonamides is 1. The number of hydrogen-bond donors (Lipinski definition) is 5. The van der Waals surface area contributed by atoms with Crippen molar-refractivity contribution in [2.24, 2.45) is 5.92 Å². The summed E-state index contributed by atoms with van der Waals surface area (Å²) in [4.78, 5) is 55.8. The van der Waals surface area contributed by atoms with Crippen LogP contribution in [0.1, 0.15) is 88.2 Å². The number of benzene rings is 2. The second-order valence-electron chi connectivity index (χ2n) is 19.3. The molecule has 3 atom stereocenters. The molecule has 1 spiro atoms. The molecule has 6 fully saturated rings. The predicted molar refractivity (Wildman–Crippen MR) is 239 cm³/mol. The van der Waals surface area contributed by atoms with Crippen LogP contribution in [0.4, 0.5) is 33.2 Å². The van der Waals surface area contributed by atoms with Crippen molar-refractivity contribution in [2.45, 2.75) is 125 Å². The van der Waals surface area contributed by atoms with Crippen molar-refractivity contribution in [3.05, 3.63) is 59.5 Å². The Morgan fingerprint density at radius 3 is 2.41 bits per heavy atom. The number of aryl methyl sites for hydroxylation is 1. The van der Waals surface area contributed by atoms with Gasteiger partial charge in [-0.2, -0.15) is 4.98 Å². The minimum atomic E-state index is -3.74. The molecule has 0 radical (unpaired) electrons. The van der Waals surface area contributed by atoms with Gasteiger partial charge in [-0.15, -0.1) is 0 Å². The normalized spacial score (nSPS) is 27.6. The fourth-order valence-electron chi connectivity index (χ4n) is 11.0. The van der Waals surface area contributed by atoms with Gasteiger partial charge in [0, 0.05) is 93.5 Å². The minimum Gasteiger partial charge on any atom is -0.393 e. The van der Waals surface area contributed by atoms with Gasteiger partial charge in [0.2, 0.25) is 33.7 Å². The second kappa shape index (κ2) is 17.2. The Morgan fingerprint density at radius 1 is 0.922 bits per heavy atom. The number of hydrogen-bond acceptors (Lipinski definition) is 13. The van der Waals surface area contributed by atoms with Crippen LogP contribution in [0.3, 0.4) is 0 Å². The van der Waals surface area contributed by atoms with Gasteiger partial charge in [0.25, 0.3) is 0 Å². The molecule has 2 aromatic carbocycles. The first kappa shape index (κ1) is 43.2. The van der Waals surface area contributed by atoms with Crippen LogP contribution in [0.2, 0.25) is 0 Å². The molecule has 3 saturated heterocycles. The van der Waals surface area contributed by atoms with Crippen LogP contribution < -0.4 is 30.5 Å². The quantitative estimate of drug-likeness (QED) is 0.165. The number of imide groups is 1. The smallest absolute Gasteiger partial charge is 0.249 e. The molecule has 3 saturated carbocycles. The summed E-state index contributed by atoms with van der Waals surface area (Å²) in [5.41, 5.74) is 2.83. The van der Waals surface area contributed by atoms with E-state index in [0.29, 0.717) is 53.6 Å². The van der Waals surface area contributed by atoms with Crippen molar-refractivity contribution in [1.82, 2.24) is 29.8 Å². The van der Waals surface area contributed by atoms with Gasteiger partial charge in [-0.25, -0.2) is 22.5 Å². The summed E-state index contributed by atoms with van der Waals surface area (Å²) >= 11 is 0. The van der Waals surface area contributed by atoms with E-state index >= 15 is 4.39 Å². The number of rotatable bonds is 12. The maximum absolute atomic E-state index is 15.2. The number of halogens is 1. The third-order valence-corrected chi connectivity index (χ3v) is 16.5. The van der Waals surface area contributed by atoms with E-state index in [-0.39, 0.29) is 46.9 Å². The third kappa shape index (κ3) is 8.59. The summed E-state index contributed by atoms with van der Waals surface area (Å²) in [5, 5.41) is 19.0. The Kier molecular flexibility index (Phi) is 11.6. The molecule has 5 N–H and O–H groups in total. The highest BCUT2D eigenvalue weighted by Gasteiger charge is 2.61. The van der Waals surface area contributed by atoms with Crippen molar-refractivity contribution in [2.75, 3.05) is 66.2 Å². The molecule has 7 aliphatic rings. The lowest BCUT2D eigenvalue weighted by Gasteiger charge is -2.47. The number of fused-ring (bicyclic) bond motifs is 2. The fraction of sp³-hybridized carbons (Fsp3) is 0.587. The third-order valence-electron chi connectivity index (χ3n) is 15.0. The lowest BCUT2D eigenvalue weighted by atomic mass is 9.86. The first-order chi connectivity index (χ1) is 30.8. The Morgan fingerprint density at radius 2 is 1.70 bits per heavy atom. The first-order valence-corrected chi connectivity index (χ1v) is 24.7. The predicted octanol–water partition coefficient (Wildman–Crippen LogP) is 3.91. The Hall–Kier alpha value is -4.75. The molecule has 2 unspecified atom stereocenters. The largest absolute Gasteiger partial charge is 0.393 e. The van der Waals surface area contributed by atoms with E-state index in [1.807, 2.05) is 11.8 Å². The number of aromatic nitrogens is 2. The highest BCUT2D eigenvalue weighted by molar-refractivity contribution is 7.89. The molecule has 3 aromatic rings. The SMILES string of the molecule is Cc1cc(S(=O)(=O)NC2CC(N3CCN(CC4CCN(c5ccc(NC6CCC(=O)NC6=O)cc5F)CC4)CC3)C2)ccc1Nc1ncc2c(n1)N(C1CCC[C@@H](O)C1)C(=O)C21CC1. The highest BCUT2D eigenvalue weighted by Crippen LogP contribution is 2.57. The van der Waals surface area contributed by atoms with Gasteiger partial charge in [-0.05, 0) is 125 Å². The molecule has 1 aromatic heterocycles. The van der Waals surface area contributed by atoms with Crippen LogP contribution in [0.15, 0.2) is 47.5 Å². The average molecular weight is 899 g/mol. The summed E-state index contributed by atoms with van der Waals surface area (Å²) in [5.74, 6) is 0.581. The zero-order chi connectivity index (χ0) is 44.3. The van der Waals surface area contributed by atoms with E-state index in [4.69, 9.17) is 4.98 Å². The molecule has 18 heteroatoms. The van der Waals surface area contributed by atoms with Crippen LogP contribution in [-0.2, 0) is 29.8 Å². The molecular weight excluding hydrogens is 840 g/mol. The molecule has 16 nitrogen and oxygen atoms in total. The topological polar surface area (TPSA) is 192 Å². The fourth-order valence-corrected chi connectivity index (χ4v) is 12.3. The summed E-state index contributed by atoms with van der Waals surface area (Å²) < 4.78 is 45.3. The number of carbonyl (C=O) groups excluding carboxylic acids is 3. The van der Waals surface area contributed by atoms with Crippen LogP contribution in [0.25, 0.3) is 0 Å². The van der Waals surface area contributed by atoms with Crippen molar-refractivity contribution >= 4 is 56.6 Å². The lowest BCUT2D eigenvalue weighted by molar-refractivity contribution is -0.133. The number of aliphatic hydroxyl groups is 1. The molecular formula is C46H59FN10O6S. The molecule has 4 aliphatic heterocycles.